The number of hydrogen-bond acceptors (Lipinski definition) is 4. The van der Waals surface area contributed by atoms with Gasteiger partial charge in [-0.05, 0) is 0 Å². The maximum Gasteiger partial charge on any atom is 0.212 e. The third-order valence-corrected chi connectivity index (χ3v) is 1.57. The fourth-order valence-electron chi connectivity index (χ4n) is 0. The summed E-state index contributed by atoms with van der Waals surface area (Å²) < 4.78 is 19.7. The third kappa shape index (κ3) is 4.26. The van der Waals surface area contributed by atoms with Crippen molar-refractivity contribution in [3.63, 3.8) is 0 Å². The lowest BCUT2D eigenvalue weighted by molar-refractivity contribution is 0.615. The Morgan fingerprint density at radius 1 is 1.67 bits per heavy atom. The van der Waals surface area contributed by atoms with Crippen molar-refractivity contribution < 1.29 is 8.42 Å². The molecule has 0 rings (SSSR count). The largest absolute Gasteiger partial charge is 0.264 e. The Morgan fingerprint density at radius 3 is 1.83 bits per heavy atom. The molecule has 3 nitrogen and oxygen atoms in total. The Morgan fingerprint density at radius 2 is 1.83 bits per heavy atom. The maximum atomic E-state index is 9.84. The summed E-state index contributed by atoms with van der Waals surface area (Å²) >= 11 is 0. The smallest absolute Gasteiger partial charge is 0.212 e. The molecular formula is CH5NO2S2. The Kier molecular flexibility index (Phi) is 1.89. The molecule has 0 spiro atoms. The second kappa shape index (κ2) is 1.81. The molecule has 0 aromatic heterocycles. The molecule has 0 amide bonds. The van der Waals surface area contributed by atoms with E-state index in [1.54, 1.807) is 0 Å². The van der Waals surface area contributed by atoms with Crippen LogP contribution in [0.2, 0.25) is 0 Å². The van der Waals surface area contributed by atoms with Crippen molar-refractivity contribution >= 4 is 19.8 Å². The summed E-state index contributed by atoms with van der Waals surface area (Å²) in [6, 6.07) is 0. The van der Waals surface area contributed by atoms with Crippen molar-refractivity contribution in [1.82, 2.24) is 0 Å². The van der Waals surface area contributed by atoms with Gasteiger partial charge in [-0.25, -0.2) is 8.42 Å². The van der Waals surface area contributed by atoms with Gasteiger partial charge in [-0.1, -0.05) is 0 Å². The molecule has 2 N–H and O–H groups in total. The van der Waals surface area contributed by atoms with E-state index in [1.165, 1.54) is 0 Å². The molecule has 0 aliphatic heterocycles. The molecule has 0 fully saturated rings. The Balaban J connectivity index is 3.85. The van der Waals surface area contributed by atoms with Crippen LogP contribution in [0, 0.1) is 0 Å². The minimum Gasteiger partial charge on any atom is -0.264 e. The van der Waals surface area contributed by atoms with E-state index in [2.05, 4.69) is 5.14 Å². The summed E-state index contributed by atoms with van der Waals surface area (Å²) in [5, 5.41) is 4.63. The van der Waals surface area contributed by atoms with Gasteiger partial charge in [0.15, 0.2) is 0 Å². The average molecular weight is 127 g/mol. The predicted octanol–water partition coefficient (Wildman–Crippen LogP) is -0.447. The zero-order chi connectivity index (χ0) is 5.21. The minimum absolute atomic E-state index is 0.354. The first-order chi connectivity index (χ1) is 2.56. The molecule has 0 aliphatic rings. The van der Waals surface area contributed by atoms with Crippen molar-refractivity contribution in [1.29, 1.82) is 0 Å². The summed E-state index contributed by atoms with van der Waals surface area (Å²) in [6.45, 7) is 0. The van der Waals surface area contributed by atoms with Gasteiger partial charge in [0.2, 0.25) is 8.87 Å². The van der Waals surface area contributed by atoms with E-state index in [0.717, 1.165) is 6.26 Å². The van der Waals surface area contributed by atoms with Gasteiger partial charge >= 0.3 is 0 Å². The lowest BCUT2D eigenvalue weighted by Gasteiger charge is -1.80. The van der Waals surface area contributed by atoms with Gasteiger partial charge < -0.3 is 0 Å². The van der Waals surface area contributed by atoms with E-state index in [-0.39, 0.29) is 0 Å². The summed E-state index contributed by atoms with van der Waals surface area (Å²) in [6.07, 6.45) is 1.05. The van der Waals surface area contributed by atoms with E-state index >= 15 is 0 Å². The SMILES string of the molecule is CS(=O)(=O)SN. The average Bonchev–Trinajstić information content (AvgIpc) is 1.35. The molecule has 0 aromatic carbocycles. The Hall–Kier alpha value is 0.260. The lowest BCUT2D eigenvalue weighted by Crippen LogP contribution is -1.91. The van der Waals surface area contributed by atoms with E-state index in [1.807, 2.05) is 0 Å². The highest BCUT2D eigenvalue weighted by Gasteiger charge is 1.92. The van der Waals surface area contributed by atoms with Crippen molar-refractivity contribution in [3.8, 4) is 0 Å². The standard InChI is InChI=1S/CH5NO2S2/c1-6(3,4)5-2/h2H2,1H3. The molecule has 0 aliphatic carbocycles. The number of hydrogen-bond donors (Lipinski definition) is 1. The van der Waals surface area contributed by atoms with Gasteiger partial charge in [-0.15, -0.1) is 0 Å². The van der Waals surface area contributed by atoms with Crippen LogP contribution in [-0.2, 0) is 8.87 Å². The van der Waals surface area contributed by atoms with Crippen LogP contribution in [0.25, 0.3) is 0 Å². The van der Waals surface area contributed by atoms with Gasteiger partial charge in [0.05, 0.1) is 6.26 Å². The van der Waals surface area contributed by atoms with E-state index in [4.69, 9.17) is 0 Å². The van der Waals surface area contributed by atoms with Crippen LogP contribution < -0.4 is 5.14 Å². The molecule has 0 radical (unpaired) electrons. The Bertz CT molecular complexity index is 114. The molecule has 0 saturated heterocycles. The predicted molar refractivity (Wildman–Crippen MR) is 26.6 cm³/mol. The van der Waals surface area contributed by atoms with Crippen molar-refractivity contribution in [2.75, 3.05) is 6.26 Å². The van der Waals surface area contributed by atoms with Crippen molar-refractivity contribution in [2.24, 2.45) is 5.14 Å². The second-order valence-electron chi connectivity index (χ2n) is 0.800. The van der Waals surface area contributed by atoms with Crippen LogP contribution >= 0.6 is 11.0 Å². The molecule has 0 heterocycles. The quantitative estimate of drug-likeness (QED) is 0.383. The van der Waals surface area contributed by atoms with Gasteiger partial charge in [-0.2, -0.15) is 0 Å². The zero-order valence-corrected chi connectivity index (χ0v) is 4.84. The van der Waals surface area contributed by atoms with E-state index in [0.29, 0.717) is 11.0 Å². The molecule has 0 unspecified atom stereocenters. The first-order valence-corrected chi connectivity index (χ1v) is 4.43. The molecule has 0 bridgehead atoms. The van der Waals surface area contributed by atoms with Crippen LogP contribution in [0.15, 0.2) is 0 Å². The van der Waals surface area contributed by atoms with Gasteiger partial charge in [0, 0.05) is 11.0 Å². The zero-order valence-electron chi connectivity index (χ0n) is 3.21. The molecule has 0 atom stereocenters. The van der Waals surface area contributed by atoms with Crippen LogP contribution in [0.5, 0.6) is 0 Å². The summed E-state index contributed by atoms with van der Waals surface area (Å²) in [5.41, 5.74) is 0. The van der Waals surface area contributed by atoms with Gasteiger partial charge in [-0.3, -0.25) is 5.14 Å². The van der Waals surface area contributed by atoms with Gasteiger partial charge in [0.25, 0.3) is 0 Å². The first kappa shape index (κ1) is 6.26. The van der Waals surface area contributed by atoms with E-state index in [9.17, 15) is 8.42 Å². The molecule has 0 saturated carbocycles. The molecule has 5 heteroatoms. The van der Waals surface area contributed by atoms with Crippen molar-refractivity contribution in [2.45, 2.75) is 0 Å². The first-order valence-electron chi connectivity index (χ1n) is 1.14. The maximum absolute atomic E-state index is 9.84. The third-order valence-electron chi connectivity index (χ3n) is 0.175. The second-order valence-corrected chi connectivity index (χ2v) is 4.79. The molecule has 38 valence electrons. The van der Waals surface area contributed by atoms with E-state index < -0.39 is 8.87 Å². The highest BCUT2D eigenvalue weighted by atomic mass is 33.1. The Labute approximate surface area is 40.4 Å². The number of nitrogens with two attached hydrogens (primary N) is 1. The normalized spacial score (nSPS) is 11.7. The van der Waals surface area contributed by atoms with Crippen LogP contribution in [0.3, 0.4) is 0 Å². The minimum atomic E-state index is -2.97. The highest BCUT2D eigenvalue weighted by Crippen LogP contribution is 1.95. The summed E-state index contributed by atoms with van der Waals surface area (Å²) in [5.74, 6) is 0. The molecular weight excluding hydrogens is 122 g/mol. The molecule has 6 heavy (non-hydrogen) atoms. The monoisotopic (exact) mass is 127 g/mol. The summed E-state index contributed by atoms with van der Waals surface area (Å²) in [7, 11) is -2.61. The highest BCUT2D eigenvalue weighted by molar-refractivity contribution is 8.70. The topological polar surface area (TPSA) is 60.2 Å². The van der Waals surface area contributed by atoms with Gasteiger partial charge in [0.1, 0.15) is 0 Å². The van der Waals surface area contributed by atoms with Crippen molar-refractivity contribution in [3.05, 3.63) is 0 Å². The molecule has 0 aromatic rings. The van der Waals surface area contributed by atoms with Crippen LogP contribution in [0.1, 0.15) is 0 Å². The fraction of sp³-hybridized carbons (Fsp3) is 1.00. The van der Waals surface area contributed by atoms with Crippen LogP contribution in [-0.4, -0.2) is 14.7 Å². The lowest BCUT2D eigenvalue weighted by atomic mass is 12.0. The summed E-state index contributed by atoms with van der Waals surface area (Å²) in [4.78, 5) is 0. The van der Waals surface area contributed by atoms with Crippen LogP contribution in [0.4, 0.5) is 0 Å². The fourth-order valence-corrected chi connectivity index (χ4v) is 0. The number of rotatable bonds is 1.